The van der Waals surface area contributed by atoms with Gasteiger partial charge in [-0.15, -0.1) is 0 Å². The number of carbonyl (C=O) groups excluding carboxylic acids is 1. The highest BCUT2D eigenvalue weighted by Crippen LogP contribution is 1.98. The van der Waals surface area contributed by atoms with Crippen LogP contribution in [0.1, 0.15) is 12.8 Å². The molecule has 0 bridgehead atoms. The summed E-state index contributed by atoms with van der Waals surface area (Å²) in [5, 5.41) is 6.56. The van der Waals surface area contributed by atoms with E-state index in [-0.39, 0.29) is 5.91 Å². The molecule has 0 aromatic carbocycles. The van der Waals surface area contributed by atoms with Crippen molar-refractivity contribution in [3.05, 3.63) is 12.3 Å². The van der Waals surface area contributed by atoms with E-state index in [2.05, 4.69) is 10.4 Å². The maximum absolute atomic E-state index is 10.8. The zero-order valence-electron chi connectivity index (χ0n) is 7.66. The molecule has 0 aliphatic heterocycles. The highest BCUT2D eigenvalue weighted by Gasteiger charge is 1.98. The summed E-state index contributed by atoms with van der Waals surface area (Å²) in [5.41, 5.74) is 5.43. The molecule has 0 saturated carbocycles. The molecule has 1 aromatic heterocycles. The van der Waals surface area contributed by atoms with Crippen LogP contribution in [-0.2, 0) is 11.3 Å². The van der Waals surface area contributed by atoms with Gasteiger partial charge in [0.1, 0.15) is 5.82 Å². The Morgan fingerprint density at radius 3 is 3.08 bits per heavy atom. The van der Waals surface area contributed by atoms with Crippen LogP contribution in [0.25, 0.3) is 0 Å². The summed E-state index contributed by atoms with van der Waals surface area (Å²) >= 11 is 0. The Morgan fingerprint density at radius 2 is 2.54 bits per heavy atom. The summed E-state index contributed by atoms with van der Waals surface area (Å²) in [6, 6.07) is 1.74. The zero-order valence-corrected chi connectivity index (χ0v) is 7.66. The summed E-state index contributed by atoms with van der Waals surface area (Å²) in [4.78, 5) is 10.8. The fraction of sp³-hybridized carbons (Fsp3) is 0.500. The fourth-order valence-corrected chi connectivity index (χ4v) is 1.03. The number of nitrogens with one attached hydrogen (secondary N) is 1. The van der Waals surface area contributed by atoms with Gasteiger partial charge in [0, 0.05) is 26.2 Å². The molecule has 0 spiro atoms. The number of hydrogen-bond donors (Lipinski definition) is 2. The SMILES string of the molecule is CNC(=O)CCCn1ccc(N)n1. The third kappa shape index (κ3) is 3.14. The van der Waals surface area contributed by atoms with Crippen LogP contribution in [0.4, 0.5) is 5.82 Å². The van der Waals surface area contributed by atoms with Gasteiger partial charge in [-0.25, -0.2) is 0 Å². The maximum atomic E-state index is 10.8. The van der Waals surface area contributed by atoms with Gasteiger partial charge in [-0.05, 0) is 12.5 Å². The van der Waals surface area contributed by atoms with Crippen LogP contribution in [0, 0.1) is 0 Å². The van der Waals surface area contributed by atoms with Crippen molar-refractivity contribution in [1.82, 2.24) is 15.1 Å². The van der Waals surface area contributed by atoms with Crippen molar-refractivity contribution < 1.29 is 4.79 Å². The number of anilines is 1. The second-order valence-electron chi connectivity index (χ2n) is 2.78. The average Bonchev–Trinajstić information content (AvgIpc) is 2.51. The Bertz CT molecular complexity index is 281. The van der Waals surface area contributed by atoms with Crippen molar-refractivity contribution in [2.24, 2.45) is 0 Å². The number of nitrogen functional groups attached to an aromatic ring is 1. The van der Waals surface area contributed by atoms with Gasteiger partial charge in [0.2, 0.25) is 5.91 Å². The third-order valence-electron chi connectivity index (χ3n) is 1.73. The number of hydrogen-bond acceptors (Lipinski definition) is 3. The first-order chi connectivity index (χ1) is 6.22. The molecule has 1 amide bonds. The molecule has 0 radical (unpaired) electrons. The van der Waals surface area contributed by atoms with Gasteiger partial charge < -0.3 is 11.1 Å². The van der Waals surface area contributed by atoms with Crippen molar-refractivity contribution in [2.75, 3.05) is 12.8 Å². The molecule has 72 valence electrons. The minimum Gasteiger partial charge on any atom is -0.382 e. The van der Waals surface area contributed by atoms with Gasteiger partial charge in [-0.3, -0.25) is 9.48 Å². The van der Waals surface area contributed by atoms with E-state index in [1.54, 1.807) is 24.0 Å². The maximum Gasteiger partial charge on any atom is 0.219 e. The van der Waals surface area contributed by atoms with E-state index in [1.165, 1.54) is 0 Å². The minimum atomic E-state index is 0.0557. The average molecular weight is 182 g/mol. The summed E-state index contributed by atoms with van der Waals surface area (Å²) in [5.74, 6) is 0.570. The number of aryl methyl sites for hydroxylation is 1. The number of amides is 1. The quantitative estimate of drug-likeness (QED) is 0.688. The minimum absolute atomic E-state index is 0.0557. The summed E-state index contributed by atoms with van der Waals surface area (Å²) in [6.07, 6.45) is 3.11. The lowest BCUT2D eigenvalue weighted by Gasteiger charge is -2.00. The highest BCUT2D eigenvalue weighted by molar-refractivity contribution is 5.75. The molecule has 0 fully saturated rings. The van der Waals surface area contributed by atoms with Crippen molar-refractivity contribution in [3.63, 3.8) is 0 Å². The first-order valence-electron chi connectivity index (χ1n) is 4.22. The lowest BCUT2D eigenvalue weighted by molar-refractivity contribution is -0.120. The van der Waals surface area contributed by atoms with Crippen LogP contribution in [0.3, 0.4) is 0 Å². The van der Waals surface area contributed by atoms with Crippen LogP contribution < -0.4 is 11.1 Å². The Kier molecular flexibility index (Phi) is 3.31. The lowest BCUT2D eigenvalue weighted by Crippen LogP contribution is -2.17. The lowest BCUT2D eigenvalue weighted by atomic mass is 10.3. The predicted octanol–water partition coefficient (Wildman–Crippen LogP) is -0.00850. The number of aromatic nitrogens is 2. The predicted molar refractivity (Wildman–Crippen MR) is 49.9 cm³/mol. The molecule has 13 heavy (non-hydrogen) atoms. The number of rotatable bonds is 4. The van der Waals surface area contributed by atoms with Crippen LogP contribution in [-0.4, -0.2) is 22.7 Å². The molecule has 5 heteroatoms. The molecule has 5 nitrogen and oxygen atoms in total. The monoisotopic (exact) mass is 182 g/mol. The van der Waals surface area contributed by atoms with Gasteiger partial charge in [-0.2, -0.15) is 5.10 Å². The van der Waals surface area contributed by atoms with Crippen LogP contribution >= 0.6 is 0 Å². The third-order valence-corrected chi connectivity index (χ3v) is 1.73. The van der Waals surface area contributed by atoms with Gasteiger partial charge >= 0.3 is 0 Å². The fourth-order valence-electron chi connectivity index (χ4n) is 1.03. The molecule has 1 heterocycles. The van der Waals surface area contributed by atoms with Gasteiger partial charge in [0.05, 0.1) is 0 Å². The van der Waals surface area contributed by atoms with Gasteiger partial charge in [0.25, 0.3) is 0 Å². The van der Waals surface area contributed by atoms with E-state index >= 15 is 0 Å². The van der Waals surface area contributed by atoms with E-state index in [4.69, 9.17) is 5.73 Å². The number of nitrogens with zero attached hydrogens (tertiary/aromatic N) is 2. The molecular weight excluding hydrogens is 168 g/mol. The molecular formula is C8H14N4O. The van der Waals surface area contributed by atoms with E-state index in [0.717, 1.165) is 13.0 Å². The Labute approximate surface area is 76.9 Å². The van der Waals surface area contributed by atoms with Crippen molar-refractivity contribution in [1.29, 1.82) is 0 Å². The normalized spacial score (nSPS) is 9.92. The van der Waals surface area contributed by atoms with E-state index < -0.39 is 0 Å². The largest absolute Gasteiger partial charge is 0.382 e. The summed E-state index contributed by atoms with van der Waals surface area (Å²) < 4.78 is 1.73. The van der Waals surface area contributed by atoms with Crippen LogP contribution in [0.2, 0.25) is 0 Å². The topological polar surface area (TPSA) is 72.9 Å². The molecule has 0 aliphatic carbocycles. The summed E-state index contributed by atoms with van der Waals surface area (Å²) in [7, 11) is 1.63. The standard InChI is InChI=1S/C8H14N4O/c1-10-8(13)3-2-5-12-6-4-7(9)11-12/h4,6H,2-3,5H2,1H3,(H2,9,11)(H,10,13). The molecule has 0 unspecified atom stereocenters. The molecule has 0 saturated heterocycles. The van der Waals surface area contributed by atoms with Crippen LogP contribution in [0.15, 0.2) is 12.3 Å². The Morgan fingerprint density at radius 1 is 1.77 bits per heavy atom. The van der Waals surface area contributed by atoms with Crippen LogP contribution in [0.5, 0.6) is 0 Å². The smallest absolute Gasteiger partial charge is 0.219 e. The highest BCUT2D eigenvalue weighted by atomic mass is 16.1. The zero-order chi connectivity index (χ0) is 9.68. The molecule has 3 N–H and O–H groups in total. The van der Waals surface area contributed by atoms with Gasteiger partial charge in [-0.1, -0.05) is 0 Å². The second-order valence-corrected chi connectivity index (χ2v) is 2.78. The van der Waals surface area contributed by atoms with E-state index in [1.807, 2.05) is 0 Å². The first-order valence-corrected chi connectivity index (χ1v) is 4.22. The number of carbonyl (C=O) groups is 1. The second kappa shape index (κ2) is 4.49. The van der Waals surface area contributed by atoms with Crippen molar-refractivity contribution in [3.8, 4) is 0 Å². The van der Waals surface area contributed by atoms with Gasteiger partial charge in [0.15, 0.2) is 0 Å². The Hall–Kier alpha value is -1.52. The van der Waals surface area contributed by atoms with E-state index in [9.17, 15) is 4.79 Å². The molecule has 1 rings (SSSR count). The molecule has 0 atom stereocenters. The molecule has 1 aromatic rings. The van der Waals surface area contributed by atoms with Crippen molar-refractivity contribution >= 4 is 11.7 Å². The summed E-state index contributed by atoms with van der Waals surface area (Å²) in [6.45, 7) is 0.727. The molecule has 0 aliphatic rings. The number of nitrogens with two attached hydrogens (primary N) is 1. The van der Waals surface area contributed by atoms with Crippen molar-refractivity contribution in [2.45, 2.75) is 19.4 Å². The Balaban J connectivity index is 2.24. The van der Waals surface area contributed by atoms with E-state index in [0.29, 0.717) is 12.2 Å². The first kappa shape index (κ1) is 9.57.